The van der Waals surface area contributed by atoms with Crippen LogP contribution in [0.3, 0.4) is 0 Å². The fourth-order valence-electron chi connectivity index (χ4n) is 2.61. The van der Waals surface area contributed by atoms with Crippen LogP contribution in [0.5, 0.6) is 0 Å². The van der Waals surface area contributed by atoms with Crippen molar-refractivity contribution < 1.29 is 0 Å². The molecule has 0 aliphatic heterocycles. The normalized spacial score (nSPS) is 34.4. The summed E-state index contributed by atoms with van der Waals surface area (Å²) in [7, 11) is 0. The van der Waals surface area contributed by atoms with Crippen molar-refractivity contribution in [1.29, 1.82) is 0 Å². The molecule has 0 amide bonds. The Morgan fingerprint density at radius 3 is 2.54 bits per heavy atom. The van der Waals surface area contributed by atoms with Crippen molar-refractivity contribution >= 4 is 0 Å². The van der Waals surface area contributed by atoms with E-state index in [1.807, 2.05) is 0 Å². The van der Waals surface area contributed by atoms with E-state index in [1.54, 1.807) is 0 Å². The molecular formula is C12H25N. The average Bonchev–Trinajstić information content (AvgIpc) is 2.45. The van der Waals surface area contributed by atoms with E-state index in [2.05, 4.69) is 20.8 Å². The van der Waals surface area contributed by atoms with Crippen LogP contribution in [-0.2, 0) is 0 Å². The summed E-state index contributed by atoms with van der Waals surface area (Å²) in [5, 5.41) is 0. The zero-order valence-electron chi connectivity index (χ0n) is 9.47. The highest BCUT2D eigenvalue weighted by molar-refractivity contribution is 4.88. The second-order valence-electron chi connectivity index (χ2n) is 5.48. The molecule has 0 heterocycles. The third kappa shape index (κ3) is 2.98. The topological polar surface area (TPSA) is 26.0 Å². The first-order valence-corrected chi connectivity index (χ1v) is 5.78. The molecule has 1 nitrogen and oxygen atoms in total. The van der Waals surface area contributed by atoms with Crippen molar-refractivity contribution in [2.24, 2.45) is 23.0 Å². The maximum absolute atomic E-state index is 5.92. The van der Waals surface area contributed by atoms with Gasteiger partial charge in [-0.05, 0) is 43.1 Å². The lowest BCUT2D eigenvalue weighted by molar-refractivity contribution is 0.252. The maximum atomic E-state index is 5.92. The average molecular weight is 183 g/mol. The minimum atomic E-state index is 0.518. The van der Waals surface area contributed by atoms with Gasteiger partial charge in [0.05, 0.1) is 0 Å². The maximum Gasteiger partial charge on any atom is -0.00204 e. The molecule has 13 heavy (non-hydrogen) atoms. The van der Waals surface area contributed by atoms with E-state index in [0.717, 1.165) is 18.4 Å². The Morgan fingerprint density at radius 2 is 2.15 bits per heavy atom. The highest BCUT2D eigenvalue weighted by atomic mass is 14.6. The molecule has 1 heteroatoms. The zero-order valence-corrected chi connectivity index (χ0v) is 9.47. The molecule has 0 radical (unpaired) electrons. The van der Waals surface area contributed by atoms with Crippen LogP contribution >= 0.6 is 0 Å². The number of hydrogen-bond donors (Lipinski definition) is 1. The molecule has 1 fully saturated rings. The van der Waals surface area contributed by atoms with Crippen molar-refractivity contribution in [2.75, 3.05) is 6.54 Å². The predicted molar refractivity (Wildman–Crippen MR) is 58.6 cm³/mol. The monoisotopic (exact) mass is 183 g/mol. The van der Waals surface area contributed by atoms with Crippen LogP contribution in [0.15, 0.2) is 0 Å². The molecule has 1 aliphatic carbocycles. The molecule has 2 atom stereocenters. The molecule has 1 aliphatic rings. The van der Waals surface area contributed by atoms with Crippen molar-refractivity contribution in [3.63, 3.8) is 0 Å². The number of rotatable bonds is 4. The Morgan fingerprint density at radius 1 is 1.46 bits per heavy atom. The van der Waals surface area contributed by atoms with Gasteiger partial charge in [-0.25, -0.2) is 0 Å². The first-order chi connectivity index (χ1) is 6.08. The van der Waals surface area contributed by atoms with Crippen molar-refractivity contribution in [1.82, 2.24) is 0 Å². The Bertz CT molecular complexity index is 153. The fourth-order valence-corrected chi connectivity index (χ4v) is 2.61. The molecule has 0 aromatic carbocycles. The van der Waals surface area contributed by atoms with Gasteiger partial charge in [-0.15, -0.1) is 0 Å². The first kappa shape index (κ1) is 11.0. The van der Waals surface area contributed by atoms with Gasteiger partial charge in [0.25, 0.3) is 0 Å². The molecule has 0 aromatic heterocycles. The molecule has 0 saturated heterocycles. The van der Waals surface area contributed by atoms with Gasteiger partial charge in [-0.3, -0.25) is 0 Å². The van der Waals surface area contributed by atoms with Gasteiger partial charge < -0.3 is 5.73 Å². The van der Waals surface area contributed by atoms with Gasteiger partial charge in [0.2, 0.25) is 0 Å². The van der Waals surface area contributed by atoms with E-state index in [4.69, 9.17) is 5.73 Å². The van der Waals surface area contributed by atoms with E-state index >= 15 is 0 Å². The minimum absolute atomic E-state index is 0.518. The Kier molecular flexibility index (Phi) is 3.78. The van der Waals surface area contributed by atoms with Crippen LogP contribution < -0.4 is 5.73 Å². The number of hydrogen-bond acceptors (Lipinski definition) is 1. The number of nitrogens with two attached hydrogens (primary N) is 1. The second kappa shape index (κ2) is 4.45. The van der Waals surface area contributed by atoms with E-state index in [9.17, 15) is 0 Å². The van der Waals surface area contributed by atoms with Crippen molar-refractivity contribution in [3.05, 3.63) is 0 Å². The van der Waals surface area contributed by atoms with Crippen molar-refractivity contribution in [2.45, 2.75) is 52.9 Å². The Balaban J connectivity index is 2.41. The molecule has 78 valence electrons. The molecule has 2 unspecified atom stereocenters. The van der Waals surface area contributed by atoms with Crippen LogP contribution in [0, 0.1) is 17.3 Å². The van der Waals surface area contributed by atoms with E-state index in [1.165, 1.54) is 32.1 Å². The zero-order chi connectivity index (χ0) is 9.90. The standard InChI is InChI=1S/C12H25N/c1-10(2)4-6-12(9-13)7-5-11(3)8-12/h10-11H,4-9,13H2,1-3H3. The second-order valence-corrected chi connectivity index (χ2v) is 5.48. The summed E-state index contributed by atoms with van der Waals surface area (Å²) >= 11 is 0. The summed E-state index contributed by atoms with van der Waals surface area (Å²) in [5.41, 5.74) is 6.43. The SMILES string of the molecule is CC(C)CCC1(CN)CCC(C)C1. The first-order valence-electron chi connectivity index (χ1n) is 5.78. The van der Waals surface area contributed by atoms with Gasteiger partial charge in [-0.1, -0.05) is 33.6 Å². The lowest BCUT2D eigenvalue weighted by Crippen LogP contribution is -2.28. The molecular weight excluding hydrogens is 158 g/mol. The summed E-state index contributed by atoms with van der Waals surface area (Å²) in [6.07, 6.45) is 6.85. The lowest BCUT2D eigenvalue weighted by atomic mass is 9.79. The van der Waals surface area contributed by atoms with Gasteiger partial charge in [0.15, 0.2) is 0 Å². The van der Waals surface area contributed by atoms with Crippen LogP contribution in [0.2, 0.25) is 0 Å². The van der Waals surface area contributed by atoms with Gasteiger partial charge in [0, 0.05) is 0 Å². The van der Waals surface area contributed by atoms with Gasteiger partial charge in [-0.2, -0.15) is 0 Å². The van der Waals surface area contributed by atoms with Crippen LogP contribution in [0.4, 0.5) is 0 Å². The molecule has 0 aromatic rings. The lowest BCUT2D eigenvalue weighted by Gasteiger charge is -2.28. The molecule has 2 N–H and O–H groups in total. The van der Waals surface area contributed by atoms with Gasteiger partial charge >= 0.3 is 0 Å². The summed E-state index contributed by atoms with van der Waals surface area (Å²) in [5.74, 6) is 1.75. The quantitative estimate of drug-likeness (QED) is 0.711. The largest absolute Gasteiger partial charge is 0.330 e. The Labute approximate surface area is 83.1 Å². The fraction of sp³-hybridized carbons (Fsp3) is 1.00. The molecule has 0 spiro atoms. The van der Waals surface area contributed by atoms with Crippen molar-refractivity contribution in [3.8, 4) is 0 Å². The van der Waals surface area contributed by atoms with Crippen LogP contribution in [0.1, 0.15) is 52.9 Å². The smallest absolute Gasteiger partial charge is 0.00204 e. The third-order valence-electron chi connectivity index (χ3n) is 3.63. The molecule has 1 rings (SSSR count). The van der Waals surface area contributed by atoms with E-state index in [-0.39, 0.29) is 0 Å². The van der Waals surface area contributed by atoms with Crippen LogP contribution in [0.25, 0.3) is 0 Å². The van der Waals surface area contributed by atoms with Gasteiger partial charge in [0.1, 0.15) is 0 Å². The third-order valence-corrected chi connectivity index (χ3v) is 3.63. The predicted octanol–water partition coefficient (Wildman–Crippen LogP) is 3.19. The summed E-state index contributed by atoms with van der Waals surface area (Å²) < 4.78 is 0. The summed E-state index contributed by atoms with van der Waals surface area (Å²) in [6.45, 7) is 7.89. The summed E-state index contributed by atoms with van der Waals surface area (Å²) in [6, 6.07) is 0. The summed E-state index contributed by atoms with van der Waals surface area (Å²) in [4.78, 5) is 0. The molecule has 1 saturated carbocycles. The van der Waals surface area contributed by atoms with Crippen LogP contribution in [-0.4, -0.2) is 6.54 Å². The van der Waals surface area contributed by atoms with E-state index < -0.39 is 0 Å². The highest BCUT2D eigenvalue weighted by Gasteiger charge is 2.35. The minimum Gasteiger partial charge on any atom is -0.330 e. The molecule has 0 bridgehead atoms. The van der Waals surface area contributed by atoms with E-state index in [0.29, 0.717) is 5.41 Å². The Hall–Kier alpha value is -0.0400. The highest BCUT2D eigenvalue weighted by Crippen LogP contribution is 2.44.